The fraction of sp³-hybridized carbons (Fsp3) is 0.636. The van der Waals surface area contributed by atoms with E-state index in [9.17, 15) is 4.79 Å². The van der Waals surface area contributed by atoms with Crippen LogP contribution in [-0.4, -0.2) is 23.5 Å². The predicted molar refractivity (Wildman–Crippen MR) is 66.5 cm³/mol. The summed E-state index contributed by atoms with van der Waals surface area (Å²) in [6, 6.07) is -0.0875. The predicted octanol–water partition coefficient (Wildman–Crippen LogP) is 1.63. The molecule has 1 amide bonds. The summed E-state index contributed by atoms with van der Waals surface area (Å²) in [7, 11) is 0. The van der Waals surface area contributed by atoms with Crippen LogP contribution in [0.4, 0.5) is 0 Å². The van der Waals surface area contributed by atoms with Crippen LogP contribution in [0.1, 0.15) is 36.7 Å². The van der Waals surface area contributed by atoms with Crippen molar-refractivity contribution in [1.82, 2.24) is 15.6 Å². The molecule has 1 heterocycles. The molecule has 0 radical (unpaired) electrons. The van der Waals surface area contributed by atoms with Crippen LogP contribution in [0.25, 0.3) is 0 Å². The first-order valence-electron chi connectivity index (χ1n) is 5.50. The van der Waals surface area contributed by atoms with E-state index in [0.717, 1.165) is 5.01 Å². The van der Waals surface area contributed by atoms with Crippen LogP contribution in [0.15, 0.2) is 6.20 Å². The summed E-state index contributed by atoms with van der Waals surface area (Å²) in [4.78, 5) is 17.0. The van der Waals surface area contributed by atoms with Crippen LogP contribution >= 0.6 is 11.3 Å². The van der Waals surface area contributed by atoms with Gasteiger partial charge in [0.25, 0.3) is 0 Å². The Morgan fingerprint density at radius 2 is 2.25 bits per heavy atom. The van der Waals surface area contributed by atoms with Gasteiger partial charge in [0.2, 0.25) is 5.91 Å². The standard InChI is InChI=1S/C11H19N3OS/c1-5-12-10(15)8(3)14-9(4)11-13-6-7(2)16-11/h6,8-9,14H,5H2,1-4H3,(H,12,15). The number of hydrogen-bond donors (Lipinski definition) is 2. The lowest BCUT2D eigenvalue weighted by Crippen LogP contribution is -2.42. The first-order chi connectivity index (χ1) is 7.54. The average Bonchev–Trinajstić information content (AvgIpc) is 2.65. The van der Waals surface area contributed by atoms with Crippen molar-refractivity contribution in [2.75, 3.05) is 6.54 Å². The van der Waals surface area contributed by atoms with Crippen LogP contribution in [0.2, 0.25) is 0 Å². The highest BCUT2D eigenvalue weighted by Gasteiger charge is 2.17. The molecule has 0 aromatic carbocycles. The number of thiazole rings is 1. The van der Waals surface area contributed by atoms with Crippen LogP contribution in [0, 0.1) is 6.92 Å². The van der Waals surface area contributed by atoms with Crippen molar-refractivity contribution in [1.29, 1.82) is 0 Å². The third-order valence-electron chi connectivity index (χ3n) is 2.25. The van der Waals surface area contributed by atoms with Crippen LogP contribution in [-0.2, 0) is 4.79 Å². The molecule has 4 nitrogen and oxygen atoms in total. The van der Waals surface area contributed by atoms with Gasteiger partial charge >= 0.3 is 0 Å². The molecule has 0 aliphatic rings. The second-order valence-corrected chi connectivity index (χ2v) is 5.08. The van der Waals surface area contributed by atoms with Crippen LogP contribution in [0.5, 0.6) is 0 Å². The van der Waals surface area contributed by atoms with Gasteiger partial charge in [-0.25, -0.2) is 4.98 Å². The molecular weight excluding hydrogens is 222 g/mol. The second-order valence-electron chi connectivity index (χ2n) is 3.81. The fourth-order valence-corrected chi connectivity index (χ4v) is 2.21. The lowest BCUT2D eigenvalue weighted by atomic mass is 10.2. The van der Waals surface area contributed by atoms with E-state index < -0.39 is 0 Å². The maximum Gasteiger partial charge on any atom is 0.236 e. The van der Waals surface area contributed by atoms with Gasteiger partial charge in [-0.15, -0.1) is 11.3 Å². The van der Waals surface area contributed by atoms with Crippen molar-refractivity contribution in [3.05, 3.63) is 16.1 Å². The summed E-state index contributed by atoms with van der Waals surface area (Å²) >= 11 is 1.66. The molecule has 2 unspecified atom stereocenters. The molecule has 0 saturated carbocycles. The number of nitrogens with zero attached hydrogens (tertiary/aromatic N) is 1. The molecular formula is C11H19N3OS. The van der Waals surface area contributed by atoms with Crippen molar-refractivity contribution < 1.29 is 4.79 Å². The molecule has 0 aliphatic heterocycles. The summed E-state index contributed by atoms with van der Waals surface area (Å²) in [6.07, 6.45) is 1.86. The number of rotatable bonds is 5. The normalized spacial score (nSPS) is 14.5. The van der Waals surface area contributed by atoms with Gasteiger partial charge < -0.3 is 5.32 Å². The largest absolute Gasteiger partial charge is 0.355 e. The molecule has 90 valence electrons. The van der Waals surface area contributed by atoms with E-state index in [0.29, 0.717) is 6.54 Å². The molecule has 0 fully saturated rings. The first-order valence-corrected chi connectivity index (χ1v) is 6.32. The number of likely N-dealkylation sites (N-methyl/N-ethyl adjacent to an activating group) is 1. The maximum atomic E-state index is 11.5. The Morgan fingerprint density at radius 3 is 2.75 bits per heavy atom. The van der Waals surface area contributed by atoms with Crippen LogP contribution in [0.3, 0.4) is 0 Å². The Bertz CT molecular complexity index is 351. The van der Waals surface area contributed by atoms with Gasteiger partial charge in [-0.2, -0.15) is 0 Å². The molecule has 1 aromatic rings. The van der Waals surface area contributed by atoms with Crippen molar-refractivity contribution in [3.63, 3.8) is 0 Å². The Balaban J connectivity index is 2.51. The van der Waals surface area contributed by atoms with Gasteiger partial charge in [0.05, 0.1) is 12.1 Å². The highest BCUT2D eigenvalue weighted by molar-refractivity contribution is 7.11. The van der Waals surface area contributed by atoms with Crippen molar-refractivity contribution >= 4 is 17.2 Å². The minimum atomic E-state index is -0.195. The van der Waals surface area contributed by atoms with Gasteiger partial charge in [0.1, 0.15) is 5.01 Å². The molecule has 0 spiro atoms. The number of carbonyl (C=O) groups is 1. The summed E-state index contributed by atoms with van der Waals surface area (Å²) < 4.78 is 0. The Kier molecular flexibility index (Phi) is 4.89. The highest BCUT2D eigenvalue weighted by atomic mass is 32.1. The summed E-state index contributed by atoms with van der Waals surface area (Å²) in [6.45, 7) is 8.49. The van der Waals surface area contributed by atoms with Gasteiger partial charge in [0.15, 0.2) is 0 Å². The van der Waals surface area contributed by atoms with E-state index in [1.54, 1.807) is 11.3 Å². The topological polar surface area (TPSA) is 54.0 Å². The smallest absolute Gasteiger partial charge is 0.236 e. The van der Waals surface area contributed by atoms with E-state index in [2.05, 4.69) is 15.6 Å². The average molecular weight is 241 g/mol. The first kappa shape index (κ1) is 13.1. The van der Waals surface area contributed by atoms with E-state index in [1.807, 2.05) is 33.9 Å². The zero-order valence-corrected chi connectivity index (χ0v) is 11.0. The van der Waals surface area contributed by atoms with Crippen molar-refractivity contribution in [2.45, 2.75) is 39.8 Å². The minimum absolute atomic E-state index is 0.0302. The number of carbonyl (C=O) groups excluding carboxylic acids is 1. The molecule has 0 aliphatic carbocycles. The van der Waals surface area contributed by atoms with Gasteiger partial charge in [-0.1, -0.05) is 0 Å². The minimum Gasteiger partial charge on any atom is -0.355 e. The number of hydrogen-bond acceptors (Lipinski definition) is 4. The molecule has 0 bridgehead atoms. The Labute approximate surface area is 100 Å². The van der Waals surface area contributed by atoms with E-state index in [4.69, 9.17) is 0 Å². The van der Waals surface area contributed by atoms with Crippen LogP contribution < -0.4 is 10.6 Å². The maximum absolute atomic E-state index is 11.5. The van der Waals surface area contributed by atoms with Crippen molar-refractivity contribution in [3.8, 4) is 0 Å². The second kappa shape index (κ2) is 5.96. The Morgan fingerprint density at radius 1 is 1.56 bits per heavy atom. The summed E-state index contributed by atoms with van der Waals surface area (Å²) in [5.41, 5.74) is 0. The number of aryl methyl sites for hydroxylation is 1. The number of nitrogens with one attached hydrogen (secondary N) is 2. The van der Waals surface area contributed by atoms with Crippen molar-refractivity contribution in [2.24, 2.45) is 0 Å². The zero-order valence-electron chi connectivity index (χ0n) is 10.2. The van der Waals surface area contributed by atoms with E-state index >= 15 is 0 Å². The van der Waals surface area contributed by atoms with E-state index in [-0.39, 0.29) is 18.0 Å². The summed E-state index contributed by atoms with van der Waals surface area (Å²) in [5.74, 6) is 0.0302. The van der Waals surface area contributed by atoms with Gasteiger partial charge in [-0.05, 0) is 27.7 Å². The number of aromatic nitrogens is 1. The van der Waals surface area contributed by atoms with Gasteiger partial charge in [-0.3, -0.25) is 10.1 Å². The molecule has 2 atom stereocenters. The third kappa shape index (κ3) is 3.57. The van der Waals surface area contributed by atoms with E-state index in [1.165, 1.54) is 4.88 Å². The lowest BCUT2D eigenvalue weighted by molar-refractivity contribution is -0.122. The number of amides is 1. The highest BCUT2D eigenvalue weighted by Crippen LogP contribution is 2.19. The quantitative estimate of drug-likeness (QED) is 0.824. The van der Waals surface area contributed by atoms with Gasteiger partial charge in [0, 0.05) is 17.6 Å². The monoisotopic (exact) mass is 241 g/mol. The molecule has 16 heavy (non-hydrogen) atoms. The molecule has 2 N–H and O–H groups in total. The zero-order chi connectivity index (χ0) is 12.1. The third-order valence-corrected chi connectivity index (χ3v) is 3.35. The Hall–Kier alpha value is -0.940. The SMILES string of the molecule is CCNC(=O)C(C)NC(C)c1ncc(C)s1. The summed E-state index contributed by atoms with van der Waals surface area (Å²) in [5, 5.41) is 7.04. The fourth-order valence-electron chi connectivity index (χ4n) is 1.42. The molecule has 0 saturated heterocycles. The molecule has 5 heteroatoms. The molecule has 1 aromatic heterocycles. The molecule has 1 rings (SSSR count). The lowest BCUT2D eigenvalue weighted by Gasteiger charge is -2.17.